The molecule has 1 heterocycles. The van der Waals surface area contributed by atoms with Gasteiger partial charge in [0.05, 0.1) is 17.3 Å². The van der Waals surface area contributed by atoms with Crippen LogP contribution in [0.5, 0.6) is 0 Å². The molecule has 4 nitrogen and oxygen atoms in total. The van der Waals surface area contributed by atoms with Gasteiger partial charge in [-0.25, -0.2) is 0 Å². The highest BCUT2D eigenvalue weighted by molar-refractivity contribution is 5.94. The summed E-state index contributed by atoms with van der Waals surface area (Å²) < 4.78 is 0. The molecule has 3 N–H and O–H groups in total. The lowest BCUT2D eigenvalue weighted by atomic mass is 10.1. The van der Waals surface area contributed by atoms with E-state index in [1.807, 2.05) is 12.1 Å². The maximum atomic E-state index is 10.5. The summed E-state index contributed by atoms with van der Waals surface area (Å²) in [5.74, 6) is 4.32. The van der Waals surface area contributed by atoms with Crippen LogP contribution < -0.4 is 5.73 Å². The first-order chi connectivity index (χ1) is 6.77. The predicted molar refractivity (Wildman–Crippen MR) is 52.2 cm³/mol. The standard InChI is InChI=1S/C10H7N3O/c11-9(14)5-4-7-2-1-3-8-6-12-13-10(7)8/h1-3,6H,(H2,11,14)(H,12,13). The van der Waals surface area contributed by atoms with E-state index in [1.165, 1.54) is 0 Å². The van der Waals surface area contributed by atoms with Crippen molar-refractivity contribution in [2.45, 2.75) is 0 Å². The van der Waals surface area contributed by atoms with Gasteiger partial charge in [-0.2, -0.15) is 5.10 Å². The average Bonchev–Trinajstić information content (AvgIpc) is 2.62. The summed E-state index contributed by atoms with van der Waals surface area (Å²) >= 11 is 0. The van der Waals surface area contributed by atoms with Gasteiger partial charge < -0.3 is 5.73 Å². The number of nitrogens with zero attached hydrogens (tertiary/aromatic N) is 1. The lowest BCUT2D eigenvalue weighted by Gasteiger charge is -1.91. The van der Waals surface area contributed by atoms with Crippen LogP contribution in [-0.4, -0.2) is 16.1 Å². The van der Waals surface area contributed by atoms with Crippen molar-refractivity contribution in [3.05, 3.63) is 30.0 Å². The number of carbonyl (C=O) groups is 1. The van der Waals surface area contributed by atoms with E-state index < -0.39 is 5.91 Å². The zero-order valence-electron chi connectivity index (χ0n) is 7.24. The van der Waals surface area contributed by atoms with Crippen molar-refractivity contribution >= 4 is 16.8 Å². The molecule has 0 aliphatic rings. The minimum absolute atomic E-state index is 0.637. The fourth-order valence-electron chi connectivity index (χ4n) is 1.20. The number of H-pyrrole nitrogens is 1. The summed E-state index contributed by atoms with van der Waals surface area (Å²) in [6.07, 6.45) is 1.70. The monoisotopic (exact) mass is 185 g/mol. The molecule has 1 aromatic heterocycles. The molecule has 2 rings (SSSR count). The second-order valence-corrected chi connectivity index (χ2v) is 2.75. The van der Waals surface area contributed by atoms with Crippen molar-refractivity contribution < 1.29 is 4.79 Å². The predicted octanol–water partition coefficient (Wildman–Crippen LogP) is 0.400. The molecule has 0 atom stereocenters. The van der Waals surface area contributed by atoms with E-state index in [9.17, 15) is 4.79 Å². The van der Waals surface area contributed by atoms with Gasteiger partial charge in [0.15, 0.2) is 0 Å². The van der Waals surface area contributed by atoms with Crippen molar-refractivity contribution in [3.63, 3.8) is 0 Å². The minimum Gasteiger partial charge on any atom is -0.359 e. The normalized spacial score (nSPS) is 9.43. The maximum absolute atomic E-state index is 10.5. The summed E-state index contributed by atoms with van der Waals surface area (Å²) in [7, 11) is 0. The number of hydrogen-bond donors (Lipinski definition) is 2. The number of aromatic nitrogens is 2. The molecule has 0 aliphatic carbocycles. The van der Waals surface area contributed by atoms with E-state index in [-0.39, 0.29) is 0 Å². The van der Waals surface area contributed by atoms with Gasteiger partial charge in [0.1, 0.15) is 0 Å². The van der Waals surface area contributed by atoms with E-state index in [2.05, 4.69) is 22.0 Å². The third-order valence-corrected chi connectivity index (χ3v) is 1.80. The molecule has 1 aromatic carbocycles. The van der Waals surface area contributed by atoms with E-state index in [1.54, 1.807) is 12.3 Å². The van der Waals surface area contributed by atoms with Crippen LogP contribution in [0, 0.1) is 11.8 Å². The van der Waals surface area contributed by atoms with Gasteiger partial charge >= 0.3 is 0 Å². The van der Waals surface area contributed by atoms with Gasteiger partial charge in [0.25, 0.3) is 5.91 Å². The Morgan fingerprint density at radius 2 is 2.36 bits per heavy atom. The number of carbonyl (C=O) groups excluding carboxylic acids is 1. The van der Waals surface area contributed by atoms with E-state index in [4.69, 9.17) is 5.73 Å². The van der Waals surface area contributed by atoms with Crippen LogP contribution in [0.2, 0.25) is 0 Å². The Balaban J connectivity index is 2.58. The van der Waals surface area contributed by atoms with Crippen LogP contribution >= 0.6 is 0 Å². The Kier molecular flexibility index (Phi) is 1.92. The molecule has 0 radical (unpaired) electrons. The number of benzene rings is 1. The molecule has 68 valence electrons. The van der Waals surface area contributed by atoms with Crippen molar-refractivity contribution in [1.29, 1.82) is 0 Å². The lowest BCUT2D eigenvalue weighted by molar-refractivity contribution is -0.112. The first-order valence-corrected chi connectivity index (χ1v) is 4.01. The number of primary amides is 1. The molecule has 0 saturated carbocycles. The number of nitrogens with two attached hydrogens (primary N) is 1. The number of hydrogen-bond acceptors (Lipinski definition) is 2. The fraction of sp³-hybridized carbons (Fsp3) is 0. The van der Waals surface area contributed by atoms with Crippen molar-refractivity contribution in [3.8, 4) is 11.8 Å². The number of para-hydroxylation sites is 1. The number of nitrogens with one attached hydrogen (secondary N) is 1. The third-order valence-electron chi connectivity index (χ3n) is 1.80. The van der Waals surface area contributed by atoms with Crippen molar-refractivity contribution in [1.82, 2.24) is 10.2 Å². The van der Waals surface area contributed by atoms with E-state index >= 15 is 0 Å². The average molecular weight is 185 g/mol. The van der Waals surface area contributed by atoms with Crippen LogP contribution in [0.15, 0.2) is 24.4 Å². The van der Waals surface area contributed by atoms with E-state index in [0.29, 0.717) is 0 Å². The number of rotatable bonds is 0. The first-order valence-electron chi connectivity index (χ1n) is 4.01. The number of aromatic amines is 1. The number of amides is 1. The van der Waals surface area contributed by atoms with Crippen molar-refractivity contribution in [2.75, 3.05) is 0 Å². The summed E-state index contributed by atoms with van der Waals surface area (Å²) in [5.41, 5.74) is 6.46. The molecule has 14 heavy (non-hydrogen) atoms. The molecule has 0 fully saturated rings. The SMILES string of the molecule is NC(=O)C#Cc1cccc2cn[nH]c12. The molecule has 0 bridgehead atoms. The Hall–Kier alpha value is -2.28. The van der Waals surface area contributed by atoms with Gasteiger partial charge in [-0.05, 0) is 6.07 Å². The van der Waals surface area contributed by atoms with Crippen LogP contribution in [0.4, 0.5) is 0 Å². The Bertz CT molecular complexity index is 545. The van der Waals surface area contributed by atoms with Crippen LogP contribution in [0.3, 0.4) is 0 Å². The zero-order valence-corrected chi connectivity index (χ0v) is 7.24. The molecule has 4 heteroatoms. The van der Waals surface area contributed by atoms with Crippen molar-refractivity contribution in [2.24, 2.45) is 5.73 Å². The highest BCUT2D eigenvalue weighted by Gasteiger charge is 1.98. The molecule has 0 saturated heterocycles. The Morgan fingerprint density at radius 1 is 1.50 bits per heavy atom. The topological polar surface area (TPSA) is 71.8 Å². The molecule has 0 spiro atoms. The molecular weight excluding hydrogens is 178 g/mol. The lowest BCUT2D eigenvalue weighted by Crippen LogP contribution is -2.06. The highest BCUT2D eigenvalue weighted by atomic mass is 16.1. The highest BCUT2D eigenvalue weighted by Crippen LogP contribution is 2.13. The van der Waals surface area contributed by atoms with E-state index in [0.717, 1.165) is 16.5 Å². The van der Waals surface area contributed by atoms with Crippen LogP contribution in [0.1, 0.15) is 5.56 Å². The molecule has 0 aliphatic heterocycles. The molecular formula is C10H7N3O. The fourth-order valence-corrected chi connectivity index (χ4v) is 1.20. The summed E-state index contributed by atoms with van der Waals surface area (Å²) in [6.45, 7) is 0. The molecule has 0 unspecified atom stereocenters. The molecule has 1 amide bonds. The van der Waals surface area contributed by atoms with Gasteiger partial charge in [-0.1, -0.05) is 18.1 Å². The second-order valence-electron chi connectivity index (χ2n) is 2.75. The Labute approximate surface area is 80.1 Å². The Morgan fingerprint density at radius 3 is 3.14 bits per heavy atom. The summed E-state index contributed by atoms with van der Waals surface area (Å²) in [5, 5.41) is 7.65. The van der Waals surface area contributed by atoms with Gasteiger partial charge in [-0.15, -0.1) is 0 Å². The van der Waals surface area contributed by atoms with Crippen LogP contribution in [-0.2, 0) is 4.79 Å². The summed E-state index contributed by atoms with van der Waals surface area (Å²) in [4.78, 5) is 10.5. The smallest absolute Gasteiger partial charge is 0.293 e. The largest absolute Gasteiger partial charge is 0.359 e. The number of fused-ring (bicyclic) bond motifs is 1. The maximum Gasteiger partial charge on any atom is 0.293 e. The third kappa shape index (κ3) is 1.43. The summed E-state index contributed by atoms with van der Waals surface area (Å²) in [6, 6.07) is 5.56. The van der Waals surface area contributed by atoms with Crippen LogP contribution in [0.25, 0.3) is 10.9 Å². The first kappa shape index (κ1) is 8.32. The van der Waals surface area contributed by atoms with Gasteiger partial charge in [0.2, 0.25) is 0 Å². The van der Waals surface area contributed by atoms with Gasteiger partial charge in [0, 0.05) is 11.3 Å². The minimum atomic E-state index is -0.637. The van der Waals surface area contributed by atoms with Gasteiger partial charge in [-0.3, -0.25) is 9.89 Å². The second kappa shape index (κ2) is 3.23. The zero-order chi connectivity index (χ0) is 9.97. The molecule has 2 aromatic rings. The quantitative estimate of drug-likeness (QED) is 0.583.